The van der Waals surface area contributed by atoms with E-state index in [4.69, 9.17) is 16.2 Å². The maximum atomic E-state index is 15.2. The van der Waals surface area contributed by atoms with Gasteiger partial charge in [0.2, 0.25) is 53.2 Å². The van der Waals surface area contributed by atoms with Crippen molar-refractivity contribution in [2.75, 3.05) is 64.6 Å². The van der Waals surface area contributed by atoms with Crippen LogP contribution in [0.25, 0.3) is 10.9 Å². The van der Waals surface area contributed by atoms with E-state index in [1.54, 1.807) is 26.0 Å². The van der Waals surface area contributed by atoms with Crippen molar-refractivity contribution in [2.24, 2.45) is 23.3 Å². The molecule has 11 amide bonds. The Morgan fingerprint density at radius 3 is 2.29 bits per heavy atom. The zero-order valence-electron chi connectivity index (χ0n) is 46.6. The maximum absolute atomic E-state index is 15.2. The van der Waals surface area contributed by atoms with Gasteiger partial charge in [0.05, 0.1) is 80.2 Å². The van der Waals surface area contributed by atoms with Crippen molar-refractivity contribution < 1.29 is 82.1 Å². The lowest BCUT2D eigenvalue weighted by atomic mass is 9.94. The summed E-state index contributed by atoms with van der Waals surface area (Å²) >= 11 is 1.48. The molecule has 2 aromatic rings. The highest BCUT2D eigenvalue weighted by Crippen LogP contribution is 2.36. The molecule has 1 saturated heterocycles. The Hall–Kier alpha value is -7.03. The standard InChI is InChI=1S/C52H76N12O17S2/c1-5-26(2)44(60-40(71)19-53)49(77)56-20-41(72)58-34-25-83(80)51-31(30-8-9-37(81-4)32(46(30)62-51)24-82-15-7-6-13-55-39(70)12-14-63-42(73)10-11-43(63)74)16-28(22-65)57-50(78)45(27(3)36(68)23-66)61-48(76)35-17-29(67)21-64(35)52(79)33(18-38(54)69)59-47(34)75/h8-11,26-29,33-36,44-45,62,65-68H,5-7,12-25,53H2,1-4H3,(H2,54,69)(H,55,70)(H,56,77)(H,57,78)(H,58,72)(H,59,75)(H,60,71)(H,61,76)/t26-,27-,28-,29+,33-,34-,35+,36-,44+,45-,83?/m0/s1. The number of aromatic amines is 1. The van der Waals surface area contributed by atoms with Gasteiger partial charge in [-0.05, 0) is 48.6 Å². The minimum atomic E-state index is -2.40. The summed E-state index contributed by atoms with van der Waals surface area (Å²) < 4.78 is 20.9. The molecule has 0 spiro atoms. The summed E-state index contributed by atoms with van der Waals surface area (Å²) in [6.45, 7) is 1.70. The number of amides is 11. The molecule has 0 radical (unpaired) electrons. The average Bonchev–Trinajstić information content (AvgIpc) is 2.92. The number of nitrogens with one attached hydrogen (secondary N) is 8. The van der Waals surface area contributed by atoms with E-state index in [-0.39, 0.29) is 41.6 Å². The molecule has 0 aliphatic carbocycles. The van der Waals surface area contributed by atoms with Crippen molar-refractivity contribution in [3.05, 3.63) is 35.4 Å². The Bertz CT molecular complexity index is 2780. The first-order valence-corrected chi connectivity index (χ1v) is 29.5. The van der Waals surface area contributed by atoms with Crippen LogP contribution in [0.15, 0.2) is 29.3 Å². The van der Waals surface area contributed by atoms with Gasteiger partial charge in [0.1, 0.15) is 41.0 Å². The number of ether oxygens (including phenoxy) is 1. The minimum absolute atomic E-state index is 0.0549. The van der Waals surface area contributed by atoms with Gasteiger partial charge in [0.15, 0.2) is 0 Å². The molecule has 0 bridgehead atoms. The monoisotopic (exact) mass is 1200 g/mol. The molecule has 3 aliphatic rings. The Morgan fingerprint density at radius 1 is 0.940 bits per heavy atom. The molecule has 1 aromatic heterocycles. The number of unbranched alkanes of at least 4 members (excludes halogenated alkanes) is 1. The molecule has 1 fully saturated rings. The van der Waals surface area contributed by atoms with Gasteiger partial charge in [-0.1, -0.05) is 27.2 Å². The van der Waals surface area contributed by atoms with Crippen LogP contribution in [0, 0.1) is 11.8 Å². The average molecular weight is 1210 g/mol. The summed E-state index contributed by atoms with van der Waals surface area (Å²) in [4.78, 5) is 151. The number of carbonyl (C=O) groups is 11. The topological polar surface area (TPSA) is 454 Å². The zero-order valence-corrected chi connectivity index (χ0v) is 48.2. The fourth-order valence-electron chi connectivity index (χ4n) is 9.58. The van der Waals surface area contributed by atoms with Crippen molar-refractivity contribution in [2.45, 2.75) is 125 Å². The van der Waals surface area contributed by atoms with Crippen LogP contribution in [0.2, 0.25) is 0 Å². The Labute approximate surface area is 484 Å². The largest absolute Gasteiger partial charge is 0.496 e. The number of H-pyrrole nitrogens is 1. The molecule has 4 heterocycles. The molecule has 3 aliphatic heterocycles. The van der Waals surface area contributed by atoms with E-state index in [1.165, 1.54) is 25.8 Å². The molecular weight excluding hydrogens is 1130 g/mol. The number of hydrogen-bond acceptors (Lipinski definition) is 19. The first kappa shape index (κ1) is 66.8. The third-order valence-electron chi connectivity index (χ3n) is 14.5. The van der Waals surface area contributed by atoms with Gasteiger partial charge >= 0.3 is 0 Å². The van der Waals surface area contributed by atoms with Crippen LogP contribution >= 0.6 is 11.8 Å². The predicted molar refractivity (Wildman–Crippen MR) is 299 cm³/mol. The lowest BCUT2D eigenvalue weighted by Gasteiger charge is -2.32. The van der Waals surface area contributed by atoms with Gasteiger partial charge < -0.3 is 83.7 Å². The molecule has 1 aromatic carbocycles. The first-order chi connectivity index (χ1) is 39.5. The Kier molecular flexibility index (Phi) is 25.4. The second-order valence-corrected chi connectivity index (χ2v) is 23.0. The van der Waals surface area contributed by atoms with Crippen molar-refractivity contribution in [1.82, 2.24) is 52.0 Å². The number of aliphatic hydroxyl groups excluding tert-OH is 4. The summed E-state index contributed by atoms with van der Waals surface area (Å²) in [5, 5.41) is 60.5. The third-order valence-corrected chi connectivity index (χ3v) is 17.0. The van der Waals surface area contributed by atoms with E-state index in [0.717, 1.165) is 22.0 Å². The van der Waals surface area contributed by atoms with Crippen molar-refractivity contribution >= 4 is 98.4 Å². The van der Waals surface area contributed by atoms with Crippen LogP contribution in [0.3, 0.4) is 0 Å². The summed E-state index contributed by atoms with van der Waals surface area (Å²) in [5.74, 6) is -10.3. The van der Waals surface area contributed by atoms with E-state index < -0.39 is 182 Å². The van der Waals surface area contributed by atoms with Crippen molar-refractivity contribution in [3.63, 3.8) is 0 Å². The molecule has 29 nitrogen and oxygen atoms in total. The maximum Gasteiger partial charge on any atom is 0.253 e. The SMILES string of the molecule is CC[C@H](C)[C@@H](NC(=O)CN)C(=O)NCC(=O)N[C@H]1CS(=O)c2[nH]c3c(CSCCCCNC(=O)CCN4C(=O)C=CC4=O)c(OC)ccc3c2C[C@@H](CO)NC(=O)[C@H]([C@@H](C)[C@@H](O)CO)NC(=O)[C@H]2C[C@@H](O)CN2C(=O)[C@H](CC(N)=O)NC1=O. The number of aromatic nitrogens is 1. The molecular formula is C52H76N12O17S2. The zero-order chi connectivity index (χ0) is 61.2. The number of rotatable bonds is 25. The summed E-state index contributed by atoms with van der Waals surface area (Å²) in [6, 6.07) is -6.05. The van der Waals surface area contributed by atoms with Crippen LogP contribution in [0.4, 0.5) is 0 Å². The molecule has 83 heavy (non-hydrogen) atoms. The quantitative estimate of drug-likeness (QED) is 0.0326. The number of carbonyl (C=O) groups excluding carboxylic acids is 11. The second-order valence-electron chi connectivity index (χ2n) is 20.4. The van der Waals surface area contributed by atoms with E-state index in [1.807, 2.05) is 0 Å². The number of imide groups is 1. The predicted octanol–water partition coefficient (Wildman–Crippen LogP) is -5.35. The van der Waals surface area contributed by atoms with Crippen LogP contribution in [0.1, 0.15) is 70.4 Å². The second kappa shape index (κ2) is 31.6. The summed E-state index contributed by atoms with van der Waals surface area (Å²) in [7, 11) is -0.963. The van der Waals surface area contributed by atoms with Gasteiger partial charge in [0, 0.05) is 67.2 Å². The molecule has 5 rings (SSSR count). The van der Waals surface area contributed by atoms with Crippen LogP contribution in [-0.4, -0.2) is 217 Å². The van der Waals surface area contributed by atoms with E-state index in [9.17, 15) is 73.2 Å². The van der Waals surface area contributed by atoms with Gasteiger partial charge in [-0.3, -0.25) is 61.8 Å². The van der Waals surface area contributed by atoms with Gasteiger partial charge in [0.25, 0.3) is 11.8 Å². The number of thioether (sulfide) groups is 1. The number of nitrogens with zero attached hydrogens (tertiary/aromatic N) is 2. The van der Waals surface area contributed by atoms with Gasteiger partial charge in [-0.25, -0.2) is 0 Å². The molecule has 11 atom stereocenters. The van der Waals surface area contributed by atoms with E-state index in [0.29, 0.717) is 53.8 Å². The van der Waals surface area contributed by atoms with Crippen molar-refractivity contribution in [3.8, 4) is 5.75 Å². The van der Waals surface area contributed by atoms with Crippen LogP contribution < -0.4 is 53.4 Å². The van der Waals surface area contributed by atoms with E-state index in [2.05, 4.69) is 42.2 Å². The van der Waals surface area contributed by atoms with E-state index >= 15 is 4.21 Å². The highest BCUT2D eigenvalue weighted by molar-refractivity contribution is 7.98. The highest BCUT2D eigenvalue weighted by Gasteiger charge is 2.45. The number of nitrogens with two attached hydrogens (primary N) is 2. The lowest BCUT2D eigenvalue weighted by molar-refractivity contribution is -0.144. The molecule has 31 heteroatoms. The van der Waals surface area contributed by atoms with Crippen LogP contribution in [0.5, 0.6) is 5.75 Å². The smallest absolute Gasteiger partial charge is 0.253 e. The normalized spacial score (nSPS) is 23.1. The third kappa shape index (κ3) is 18.0. The van der Waals surface area contributed by atoms with Gasteiger partial charge in [-0.15, -0.1) is 0 Å². The summed E-state index contributed by atoms with van der Waals surface area (Å²) in [5.41, 5.74) is 12.2. The minimum Gasteiger partial charge on any atom is -0.496 e. The Balaban J connectivity index is 1.53. The number of methoxy groups -OCH3 is 1. The number of benzene rings is 1. The fraction of sp³-hybridized carbons (Fsp3) is 0.596. The molecule has 0 saturated carbocycles. The fourth-order valence-corrected chi connectivity index (χ4v) is 12.0. The molecule has 1 unspecified atom stereocenters. The summed E-state index contributed by atoms with van der Waals surface area (Å²) in [6.07, 6.45) is -0.689. The number of aliphatic hydroxyl groups is 4. The molecule has 16 N–H and O–H groups in total. The van der Waals surface area contributed by atoms with Crippen LogP contribution in [-0.2, 0) is 75.7 Å². The molecule has 458 valence electrons. The highest BCUT2D eigenvalue weighted by atomic mass is 32.2. The van der Waals surface area contributed by atoms with Crippen molar-refractivity contribution in [1.29, 1.82) is 0 Å². The Morgan fingerprint density at radius 2 is 1.65 bits per heavy atom. The number of hydrogen-bond donors (Lipinski definition) is 14. The van der Waals surface area contributed by atoms with Gasteiger partial charge in [-0.2, -0.15) is 11.8 Å². The first-order valence-electron chi connectivity index (χ1n) is 27.1. The number of primary amides is 1. The lowest BCUT2D eigenvalue weighted by Crippen LogP contribution is -2.61. The number of fused-ring (bicyclic) bond motifs is 4.